The molecular formula is C14H19N3. The minimum atomic E-state index is 0.555. The highest BCUT2D eigenvalue weighted by molar-refractivity contribution is 5.44. The highest BCUT2D eigenvalue weighted by Gasteiger charge is 2.15. The number of hydrogen-bond donors (Lipinski definition) is 0. The number of hydrogen-bond acceptors (Lipinski definition) is 3. The molecule has 0 radical (unpaired) electrons. The molecule has 0 spiro atoms. The van der Waals surface area contributed by atoms with E-state index in [9.17, 15) is 0 Å². The zero-order chi connectivity index (χ0) is 12.3. The fraction of sp³-hybridized carbons (Fsp3) is 0.571. The molecule has 3 heteroatoms. The molecule has 1 aliphatic heterocycles. The fourth-order valence-electron chi connectivity index (χ4n) is 2.30. The predicted octanol–water partition coefficient (Wildman–Crippen LogP) is 2.89. The third-order valence-electron chi connectivity index (χ3n) is 3.53. The average molecular weight is 229 g/mol. The van der Waals surface area contributed by atoms with E-state index in [0.717, 1.165) is 30.4 Å². The van der Waals surface area contributed by atoms with Gasteiger partial charge >= 0.3 is 0 Å². The smallest absolute Gasteiger partial charge is 0.145 e. The van der Waals surface area contributed by atoms with Gasteiger partial charge in [0.25, 0.3) is 0 Å². The predicted molar refractivity (Wildman–Crippen MR) is 68.9 cm³/mol. The molecule has 0 bridgehead atoms. The molecule has 1 unspecified atom stereocenters. The Bertz CT molecular complexity index is 434. The van der Waals surface area contributed by atoms with Gasteiger partial charge in [0.1, 0.15) is 17.6 Å². The van der Waals surface area contributed by atoms with E-state index < -0.39 is 0 Å². The highest BCUT2D eigenvalue weighted by atomic mass is 15.2. The molecule has 1 aromatic rings. The minimum Gasteiger partial charge on any atom is -0.357 e. The van der Waals surface area contributed by atoms with Crippen LogP contribution in [-0.4, -0.2) is 18.1 Å². The van der Waals surface area contributed by atoms with E-state index in [1.807, 2.05) is 19.1 Å². The second-order valence-electron chi connectivity index (χ2n) is 4.97. The Kier molecular flexibility index (Phi) is 3.63. The van der Waals surface area contributed by atoms with Crippen LogP contribution in [0.1, 0.15) is 37.4 Å². The summed E-state index contributed by atoms with van der Waals surface area (Å²) in [5, 5.41) is 9.01. The van der Waals surface area contributed by atoms with Crippen LogP contribution in [0.4, 0.5) is 5.82 Å². The van der Waals surface area contributed by atoms with Crippen LogP contribution >= 0.6 is 0 Å². The van der Waals surface area contributed by atoms with E-state index in [1.54, 1.807) is 0 Å². The number of anilines is 1. The lowest BCUT2D eigenvalue weighted by Gasteiger charge is -2.21. The van der Waals surface area contributed by atoms with E-state index >= 15 is 0 Å². The number of pyridine rings is 1. The molecule has 1 fully saturated rings. The number of nitrogens with zero attached hydrogens (tertiary/aromatic N) is 3. The number of nitriles is 1. The number of aryl methyl sites for hydroxylation is 1. The summed E-state index contributed by atoms with van der Waals surface area (Å²) in [6.07, 6.45) is 3.74. The maximum atomic E-state index is 9.01. The summed E-state index contributed by atoms with van der Waals surface area (Å²) in [5.74, 6) is 1.77. The third-order valence-corrected chi connectivity index (χ3v) is 3.53. The molecule has 3 nitrogen and oxygen atoms in total. The monoisotopic (exact) mass is 229 g/mol. The van der Waals surface area contributed by atoms with Gasteiger partial charge in [-0.2, -0.15) is 5.26 Å². The van der Waals surface area contributed by atoms with Gasteiger partial charge in [-0.25, -0.2) is 4.98 Å². The van der Waals surface area contributed by atoms with E-state index in [-0.39, 0.29) is 0 Å². The van der Waals surface area contributed by atoms with Crippen molar-refractivity contribution in [2.24, 2.45) is 5.92 Å². The third kappa shape index (κ3) is 2.76. The van der Waals surface area contributed by atoms with E-state index in [0.29, 0.717) is 5.69 Å². The molecule has 90 valence electrons. The fourth-order valence-corrected chi connectivity index (χ4v) is 2.30. The van der Waals surface area contributed by atoms with Crippen molar-refractivity contribution >= 4 is 5.82 Å². The van der Waals surface area contributed by atoms with Crippen LogP contribution in [0, 0.1) is 24.2 Å². The molecule has 2 rings (SSSR count). The molecule has 1 atom stereocenters. The van der Waals surface area contributed by atoms with Crippen LogP contribution in [0.5, 0.6) is 0 Å². The lowest BCUT2D eigenvalue weighted by Crippen LogP contribution is -2.25. The van der Waals surface area contributed by atoms with Gasteiger partial charge in [0, 0.05) is 13.1 Å². The summed E-state index contributed by atoms with van der Waals surface area (Å²) >= 11 is 0. The lowest BCUT2D eigenvalue weighted by atomic mass is 10.0. The van der Waals surface area contributed by atoms with Gasteiger partial charge in [0.2, 0.25) is 0 Å². The van der Waals surface area contributed by atoms with Crippen LogP contribution < -0.4 is 4.90 Å². The molecular weight excluding hydrogens is 210 g/mol. The maximum absolute atomic E-state index is 9.01. The molecule has 17 heavy (non-hydrogen) atoms. The highest BCUT2D eigenvalue weighted by Crippen LogP contribution is 2.21. The summed E-state index contributed by atoms with van der Waals surface area (Å²) in [6.45, 7) is 6.36. The first kappa shape index (κ1) is 11.9. The first-order chi connectivity index (χ1) is 8.20. The largest absolute Gasteiger partial charge is 0.357 e. The van der Waals surface area contributed by atoms with Crippen LogP contribution in [0.15, 0.2) is 12.1 Å². The van der Waals surface area contributed by atoms with E-state index in [2.05, 4.69) is 22.9 Å². The summed E-state index contributed by atoms with van der Waals surface area (Å²) < 4.78 is 0. The molecule has 1 saturated heterocycles. The topological polar surface area (TPSA) is 39.9 Å². The van der Waals surface area contributed by atoms with Gasteiger partial charge in [-0.1, -0.05) is 13.0 Å². The van der Waals surface area contributed by atoms with E-state index in [1.165, 1.54) is 19.3 Å². The summed E-state index contributed by atoms with van der Waals surface area (Å²) in [4.78, 5) is 6.76. The summed E-state index contributed by atoms with van der Waals surface area (Å²) in [5.41, 5.74) is 1.51. The maximum Gasteiger partial charge on any atom is 0.145 e. The Morgan fingerprint density at radius 2 is 2.18 bits per heavy atom. The van der Waals surface area contributed by atoms with Crippen molar-refractivity contribution in [3.63, 3.8) is 0 Å². The van der Waals surface area contributed by atoms with Crippen LogP contribution in [-0.2, 0) is 0 Å². The first-order valence-corrected chi connectivity index (χ1v) is 6.33. The molecule has 0 N–H and O–H groups in total. The van der Waals surface area contributed by atoms with E-state index in [4.69, 9.17) is 5.26 Å². The van der Waals surface area contributed by atoms with Crippen LogP contribution in [0.25, 0.3) is 0 Å². The SMILES string of the molecule is Cc1ccc(N2CCCC(C)CC2)nc1C#N. The van der Waals surface area contributed by atoms with Crippen molar-refractivity contribution in [3.8, 4) is 6.07 Å². The van der Waals surface area contributed by atoms with Crippen molar-refractivity contribution in [2.75, 3.05) is 18.0 Å². The molecule has 0 aromatic carbocycles. The van der Waals surface area contributed by atoms with Gasteiger partial charge in [-0.15, -0.1) is 0 Å². The average Bonchev–Trinajstić information content (AvgIpc) is 2.55. The zero-order valence-electron chi connectivity index (χ0n) is 10.6. The second kappa shape index (κ2) is 5.18. The van der Waals surface area contributed by atoms with Crippen molar-refractivity contribution in [1.29, 1.82) is 5.26 Å². The Balaban J connectivity index is 2.19. The molecule has 1 aromatic heterocycles. The second-order valence-corrected chi connectivity index (χ2v) is 4.97. The lowest BCUT2D eigenvalue weighted by molar-refractivity contribution is 0.521. The van der Waals surface area contributed by atoms with Gasteiger partial charge in [-0.05, 0) is 43.7 Å². The molecule has 0 aliphatic carbocycles. The normalized spacial score (nSPS) is 20.8. The zero-order valence-corrected chi connectivity index (χ0v) is 10.6. The van der Waals surface area contributed by atoms with Crippen LogP contribution in [0.3, 0.4) is 0 Å². The molecule has 0 amide bonds. The number of rotatable bonds is 1. The van der Waals surface area contributed by atoms with Crippen molar-refractivity contribution in [2.45, 2.75) is 33.1 Å². The van der Waals surface area contributed by atoms with Gasteiger partial charge in [0.05, 0.1) is 0 Å². The Morgan fingerprint density at radius 3 is 2.94 bits per heavy atom. The minimum absolute atomic E-state index is 0.555. The quantitative estimate of drug-likeness (QED) is 0.743. The Hall–Kier alpha value is -1.56. The molecule has 0 saturated carbocycles. The summed E-state index contributed by atoms with van der Waals surface area (Å²) in [6, 6.07) is 6.19. The van der Waals surface area contributed by atoms with Crippen molar-refractivity contribution in [3.05, 3.63) is 23.4 Å². The molecule has 2 heterocycles. The number of aromatic nitrogens is 1. The van der Waals surface area contributed by atoms with Gasteiger partial charge in [-0.3, -0.25) is 0 Å². The van der Waals surface area contributed by atoms with Crippen molar-refractivity contribution in [1.82, 2.24) is 4.98 Å². The first-order valence-electron chi connectivity index (χ1n) is 6.33. The molecule has 1 aliphatic rings. The Labute approximate surface area is 103 Å². The van der Waals surface area contributed by atoms with Crippen LogP contribution in [0.2, 0.25) is 0 Å². The van der Waals surface area contributed by atoms with Crippen molar-refractivity contribution < 1.29 is 0 Å². The standard InChI is InChI=1S/C14H19N3/c1-11-4-3-8-17(9-7-11)14-6-5-12(2)13(10-15)16-14/h5-6,11H,3-4,7-9H2,1-2H3. The Morgan fingerprint density at radius 1 is 1.35 bits per heavy atom. The van der Waals surface area contributed by atoms with Gasteiger partial charge < -0.3 is 4.90 Å². The summed E-state index contributed by atoms with van der Waals surface area (Å²) in [7, 11) is 0. The van der Waals surface area contributed by atoms with Gasteiger partial charge in [0.15, 0.2) is 0 Å².